The molecule has 1 aromatic heterocycles. The van der Waals surface area contributed by atoms with Gasteiger partial charge in [0, 0.05) is 46.5 Å². The summed E-state index contributed by atoms with van der Waals surface area (Å²) < 4.78 is 3.39. The van der Waals surface area contributed by atoms with Gasteiger partial charge in [-0.2, -0.15) is 0 Å². The summed E-state index contributed by atoms with van der Waals surface area (Å²) in [4.78, 5) is 5.79. The summed E-state index contributed by atoms with van der Waals surface area (Å²) in [5.74, 6) is 2.21. The molecule has 1 aromatic carbocycles. The lowest BCUT2D eigenvalue weighted by Gasteiger charge is -2.16. The third kappa shape index (κ3) is 5.16. The van der Waals surface area contributed by atoms with Crippen molar-refractivity contribution in [1.82, 2.24) is 14.9 Å². The topological polar surface area (TPSA) is 29.9 Å². The Labute approximate surface area is 139 Å². The van der Waals surface area contributed by atoms with Crippen LogP contribution in [0.3, 0.4) is 0 Å². The first-order valence-electron chi connectivity index (χ1n) is 7.28. The molecular formula is C16H22BrN3S. The first-order chi connectivity index (χ1) is 10.2. The molecule has 3 nitrogen and oxygen atoms in total. The lowest BCUT2D eigenvalue weighted by molar-refractivity contribution is 0.560. The largest absolute Gasteiger partial charge is 0.335 e. The molecule has 0 amide bonds. The van der Waals surface area contributed by atoms with Gasteiger partial charge in [-0.25, -0.2) is 4.98 Å². The molecule has 0 saturated heterocycles. The molecule has 114 valence electrons. The Kier molecular flexibility index (Phi) is 6.80. The second kappa shape index (κ2) is 8.61. The predicted octanol–water partition coefficient (Wildman–Crippen LogP) is 3.98. The second-order valence-electron chi connectivity index (χ2n) is 4.99. The first kappa shape index (κ1) is 16.6. The molecule has 1 atom stereocenters. The molecule has 0 aliphatic carbocycles. The molecule has 2 rings (SSSR count). The highest BCUT2D eigenvalue weighted by molar-refractivity contribution is 9.10. The maximum atomic E-state index is 4.50. The van der Waals surface area contributed by atoms with Crippen molar-refractivity contribution in [2.75, 3.05) is 12.8 Å². The van der Waals surface area contributed by atoms with E-state index >= 15 is 0 Å². The average molecular weight is 368 g/mol. The van der Waals surface area contributed by atoms with Crippen LogP contribution in [0.5, 0.6) is 0 Å². The van der Waals surface area contributed by atoms with Crippen molar-refractivity contribution < 1.29 is 0 Å². The Morgan fingerprint density at radius 1 is 1.43 bits per heavy atom. The molecule has 0 bridgehead atoms. The quantitative estimate of drug-likeness (QED) is 0.715. The minimum Gasteiger partial charge on any atom is -0.335 e. The van der Waals surface area contributed by atoms with Crippen LogP contribution in [0.25, 0.3) is 0 Å². The standard InChI is InChI=1S/C16H22BrN3S/c1-3-8-20-9-7-19-16(20)11-14(18-2)12-21-15-6-4-5-13(17)10-15/h4-7,9-10,14,18H,3,8,11-12H2,1-2H3. The van der Waals surface area contributed by atoms with E-state index in [1.54, 1.807) is 0 Å². The zero-order valence-electron chi connectivity index (χ0n) is 12.6. The lowest BCUT2D eigenvalue weighted by atomic mass is 10.2. The van der Waals surface area contributed by atoms with Gasteiger partial charge in [-0.15, -0.1) is 11.8 Å². The number of likely N-dealkylation sites (N-methyl/N-ethyl adjacent to an activating group) is 1. The fraction of sp³-hybridized carbons (Fsp3) is 0.438. The maximum absolute atomic E-state index is 4.50. The number of thioether (sulfide) groups is 1. The van der Waals surface area contributed by atoms with Gasteiger partial charge < -0.3 is 9.88 Å². The molecule has 1 unspecified atom stereocenters. The van der Waals surface area contributed by atoms with E-state index in [4.69, 9.17) is 0 Å². The van der Waals surface area contributed by atoms with Gasteiger partial charge in [0.15, 0.2) is 0 Å². The number of nitrogens with zero attached hydrogens (tertiary/aromatic N) is 2. The molecule has 21 heavy (non-hydrogen) atoms. The maximum Gasteiger partial charge on any atom is 0.110 e. The Balaban J connectivity index is 1.92. The fourth-order valence-corrected chi connectivity index (χ4v) is 3.81. The summed E-state index contributed by atoms with van der Waals surface area (Å²) >= 11 is 5.40. The number of benzene rings is 1. The van der Waals surface area contributed by atoms with Crippen LogP contribution in [0, 0.1) is 0 Å². The second-order valence-corrected chi connectivity index (χ2v) is 7.00. The van der Waals surface area contributed by atoms with Crippen LogP contribution in [-0.4, -0.2) is 28.4 Å². The first-order valence-corrected chi connectivity index (χ1v) is 9.06. The zero-order chi connectivity index (χ0) is 15.1. The van der Waals surface area contributed by atoms with E-state index in [2.05, 4.69) is 68.2 Å². The molecule has 2 aromatic rings. The van der Waals surface area contributed by atoms with Crippen LogP contribution < -0.4 is 5.32 Å². The van der Waals surface area contributed by atoms with Gasteiger partial charge in [-0.05, 0) is 31.7 Å². The number of aromatic nitrogens is 2. The highest BCUT2D eigenvalue weighted by Crippen LogP contribution is 2.23. The summed E-state index contributed by atoms with van der Waals surface area (Å²) in [6.07, 6.45) is 6.08. The highest BCUT2D eigenvalue weighted by Gasteiger charge is 2.12. The predicted molar refractivity (Wildman–Crippen MR) is 93.9 cm³/mol. The van der Waals surface area contributed by atoms with Gasteiger partial charge in [0.05, 0.1) is 0 Å². The Morgan fingerprint density at radius 3 is 3.00 bits per heavy atom. The van der Waals surface area contributed by atoms with Crippen LogP contribution in [0.15, 0.2) is 46.0 Å². The van der Waals surface area contributed by atoms with Gasteiger partial charge in [0.2, 0.25) is 0 Å². The van der Waals surface area contributed by atoms with E-state index in [-0.39, 0.29) is 0 Å². The van der Waals surface area contributed by atoms with Gasteiger partial charge in [-0.1, -0.05) is 28.9 Å². The van der Waals surface area contributed by atoms with Crippen molar-refractivity contribution in [3.63, 3.8) is 0 Å². The third-order valence-corrected chi connectivity index (χ3v) is 5.00. The van der Waals surface area contributed by atoms with E-state index in [9.17, 15) is 0 Å². The lowest BCUT2D eigenvalue weighted by Crippen LogP contribution is -2.31. The smallest absolute Gasteiger partial charge is 0.110 e. The number of rotatable bonds is 8. The summed E-state index contributed by atoms with van der Waals surface area (Å²) in [6.45, 7) is 3.24. The summed E-state index contributed by atoms with van der Waals surface area (Å²) in [7, 11) is 2.03. The number of hydrogen-bond donors (Lipinski definition) is 1. The Hall–Kier alpha value is -0.780. The average Bonchev–Trinajstić information content (AvgIpc) is 2.91. The number of aryl methyl sites for hydroxylation is 1. The minimum atomic E-state index is 0.423. The van der Waals surface area contributed by atoms with Crippen LogP contribution in [0.1, 0.15) is 19.2 Å². The molecule has 1 N–H and O–H groups in total. The van der Waals surface area contributed by atoms with E-state index in [1.165, 1.54) is 10.7 Å². The third-order valence-electron chi connectivity index (χ3n) is 3.35. The van der Waals surface area contributed by atoms with Gasteiger partial charge in [-0.3, -0.25) is 0 Å². The number of halogens is 1. The van der Waals surface area contributed by atoms with Crippen molar-refractivity contribution in [2.24, 2.45) is 0 Å². The molecule has 0 aliphatic rings. The van der Waals surface area contributed by atoms with Crippen molar-refractivity contribution in [3.05, 3.63) is 47.0 Å². The number of hydrogen-bond acceptors (Lipinski definition) is 3. The summed E-state index contributed by atoms with van der Waals surface area (Å²) in [6, 6.07) is 8.87. The van der Waals surface area contributed by atoms with Crippen LogP contribution in [0.4, 0.5) is 0 Å². The fourth-order valence-electron chi connectivity index (χ4n) is 2.19. The van der Waals surface area contributed by atoms with E-state index in [0.717, 1.165) is 29.6 Å². The highest BCUT2D eigenvalue weighted by atomic mass is 79.9. The van der Waals surface area contributed by atoms with Crippen molar-refractivity contribution in [3.8, 4) is 0 Å². The molecule has 0 saturated carbocycles. The molecule has 5 heteroatoms. The zero-order valence-corrected chi connectivity index (χ0v) is 15.0. The van der Waals surface area contributed by atoms with E-state index < -0.39 is 0 Å². The van der Waals surface area contributed by atoms with Gasteiger partial charge in [0.25, 0.3) is 0 Å². The SMILES string of the molecule is CCCn1ccnc1CC(CSc1cccc(Br)c1)NC. The van der Waals surface area contributed by atoms with Gasteiger partial charge in [0.1, 0.15) is 5.82 Å². The monoisotopic (exact) mass is 367 g/mol. The number of nitrogens with one attached hydrogen (secondary N) is 1. The molecule has 0 fully saturated rings. The molecule has 0 aliphatic heterocycles. The van der Waals surface area contributed by atoms with E-state index in [1.807, 2.05) is 25.0 Å². The molecule has 0 radical (unpaired) electrons. The Bertz CT molecular complexity index is 556. The van der Waals surface area contributed by atoms with Crippen LogP contribution in [0.2, 0.25) is 0 Å². The summed E-state index contributed by atoms with van der Waals surface area (Å²) in [5, 5.41) is 3.41. The van der Waals surface area contributed by atoms with Crippen molar-refractivity contribution >= 4 is 27.7 Å². The summed E-state index contributed by atoms with van der Waals surface area (Å²) in [5.41, 5.74) is 0. The normalized spacial score (nSPS) is 12.5. The van der Waals surface area contributed by atoms with Gasteiger partial charge >= 0.3 is 0 Å². The van der Waals surface area contributed by atoms with Crippen molar-refractivity contribution in [1.29, 1.82) is 0 Å². The number of imidazole rings is 1. The molecule has 1 heterocycles. The molecule has 0 spiro atoms. The van der Waals surface area contributed by atoms with Crippen molar-refractivity contribution in [2.45, 2.75) is 37.2 Å². The minimum absolute atomic E-state index is 0.423. The molecular weight excluding hydrogens is 346 g/mol. The van der Waals surface area contributed by atoms with Crippen LogP contribution in [-0.2, 0) is 13.0 Å². The van der Waals surface area contributed by atoms with E-state index in [0.29, 0.717) is 6.04 Å². The van der Waals surface area contributed by atoms with Crippen LogP contribution >= 0.6 is 27.7 Å². The Morgan fingerprint density at radius 2 is 2.29 bits per heavy atom.